The van der Waals surface area contributed by atoms with Crippen LogP contribution in [-0.2, 0) is 10.0 Å². The van der Waals surface area contributed by atoms with Gasteiger partial charge in [0.25, 0.3) is 10.0 Å². The lowest BCUT2D eigenvalue weighted by Gasteiger charge is -2.11. The molecule has 122 valence electrons. The van der Waals surface area contributed by atoms with Crippen LogP contribution in [0.2, 0.25) is 5.02 Å². The van der Waals surface area contributed by atoms with Crippen LogP contribution < -0.4 is 4.72 Å². The predicted octanol–water partition coefficient (Wildman–Crippen LogP) is 3.91. The van der Waals surface area contributed by atoms with Crippen LogP contribution in [0, 0.1) is 6.92 Å². The second-order valence-corrected chi connectivity index (χ2v) is 7.18. The van der Waals surface area contributed by atoms with Crippen molar-refractivity contribution in [3.8, 4) is 11.3 Å². The first kappa shape index (κ1) is 16.4. The minimum Gasteiger partial charge on any atom is -0.264 e. The largest absolute Gasteiger partial charge is 0.264 e. The van der Waals surface area contributed by atoms with Gasteiger partial charge in [-0.15, -0.1) is 0 Å². The molecule has 0 unspecified atom stereocenters. The fourth-order valence-electron chi connectivity index (χ4n) is 2.24. The summed E-state index contributed by atoms with van der Waals surface area (Å²) >= 11 is 6.01. The van der Waals surface area contributed by atoms with Crippen molar-refractivity contribution in [1.29, 1.82) is 0 Å². The summed E-state index contributed by atoms with van der Waals surface area (Å²) in [6.45, 7) is 1.66. The van der Waals surface area contributed by atoms with E-state index in [1.54, 1.807) is 55.7 Å². The normalized spacial score (nSPS) is 11.2. The standard InChI is InChI=1S/C17H14ClN3O2S/c1-12-14(18)6-2-8-16(12)24(22,23)21-17-9-3-7-15(20-17)13-5-4-10-19-11-13/h2-11H,1H3,(H,20,21). The summed E-state index contributed by atoms with van der Waals surface area (Å²) in [6.07, 6.45) is 3.33. The van der Waals surface area contributed by atoms with Gasteiger partial charge in [-0.3, -0.25) is 9.71 Å². The molecular weight excluding hydrogens is 346 g/mol. The van der Waals surface area contributed by atoms with Crippen molar-refractivity contribution < 1.29 is 8.42 Å². The topological polar surface area (TPSA) is 72.0 Å². The summed E-state index contributed by atoms with van der Waals surface area (Å²) < 4.78 is 27.7. The molecule has 0 aliphatic rings. The minimum atomic E-state index is -3.78. The van der Waals surface area contributed by atoms with Gasteiger partial charge < -0.3 is 0 Å². The lowest BCUT2D eigenvalue weighted by atomic mass is 10.2. The molecule has 1 aromatic carbocycles. The van der Waals surface area contributed by atoms with Crippen molar-refractivity contribution in [2.75, 3.05) is 4.72 Å². The van der Waals surface area contributed by atoms with Crippen molar-refractivity contribution in [2.45, 2.75) is 11.8 Å². The summed E-state index contributed by atoms with van der Waals surface area (Å²) in [4.78, 5) is 8.51. The Hall–Kier alpha value is -2.44. The molecule has 0 atom stereocenters. The van der Waals surface area contributed by atoms with E-state index in [0.717, 1.165) is 5.56 Å². The molecule has 1 N–H and O–H groups in total. The number of rotatable bonds is 4. The molecule has 0 radical (unpaired) electrons. The Bertz CT molecular complexity index is 976. The first-order chi connectivity index (χ1) is 11.5. The third-order valence-electron chi connectivity index (χ3n) is 3.45. The van der Waals surface area contributed by atoms with E-state index >= 15 is 0 Å². The van der Waals surface area contributed by atoms with Crippen LogP contribution in [0.5, 0.6) is 0 Å². The molecule has 2 aromatic heterocycles. The van der Waals surface area contributed by atoms with Crippen LogP contribution in [0.3, 0.4) is 0 Å². The van der Waals surface area contributed by atoms with Crippen molar-refractivity contribution in [3.05, 3.63) is 71.5 Å². The Kier molecular flexibility index (Phi) is 4.51. The first-order valence-corrected chi connectivity index (χ1v) is 8.99. The van der Waals surface area contributed by atoms with Crippen LogP contribution in [0.25, 0.3) is 11.3 Å². The smallest absolute Gasteiger partial charge is 0.263 e. The molecule has 0 amide bonds. The minimum absolute atomic E-state index is 0.128. The summed E-state index contributed by atoms with van der Waals surface area (Å²) in [5, 5.41) is 0.398. The second kappa shape index (κ2) is 6.59. The highest BCUT2D eigenvalue weighted by Gasteiger charge is 2.19. The van der Waals surface area contributed by atoms with Gasteiger partial charge in [0.15, 0.2) is 0 Å². The van der Waals surface area contributed by atoms with Crippen LogP contribution in [-0.4, -0.2) is 18.4 Å². The fourth-order valence-corrected chi connectivity index (χ4v) is 3.74. The first-order valence-electron chi connectivity index (χ1n) is 7.13. The van der Waals surface area contributed by atoms with Gasteiger partial charge in [0, 0.05) is 23.0 Å². The predicted molar refractivity (Wildman–Crippen MR) is 94.5 cm³/mol. The molecule has 0 saturated carbocycles. The lowest BCUT2D eigenvalue weighted by Crippen LogP contribution is -2.15. The Morgan fingerprint density at radius 1 is 1.04 bits per heavy atom. The molecule has 0 aliphatic heterocycles. The quantitative estimate of drug-likeness (QED) is 0.766. The van der Waals surface area contributed by atoms with Gasteiger partial charge in [0.05, 0.1) is 10.6 Å². The van der Waals surface area contributed by atoms with E-state index in [4.69, 9.17) is 11.6 Å². The lowest BCUT2D eigenvalue weighted by molar-refractivity contribution is 0.600. The van der Waals surface area contributed by atoms with Crippen LogP contribution in [0.4, 0.5) is 5.82 Å². The molecule has 2 heterocycles. The molecule has 24 heavy (non-hydrogen) atoms. The van der Waals surface area contributed by atoms with Crippen LogP contribution >= 0.6 is 11.6 Å². The molecule has 3 aromatic rings. The zero-order valence-corrected chi connectivity index (χ0v) is 14.3. The third kappa shape index (κ3) is 3.39. The number of sulfonamides is 1. The Morgan fingerprint density at radius 2 is 1.83 bits per heavy atom. The Morgan fingerprint density at radius 3 is 2.58 bits per heavy atom. The number of hydrogen-bond acceptors (Lipinski definition) is 4. The second-order valence-electron chi connectivity index (χ2n) is 5.12. The average Bonchev–Trinajstić information content (AvgIpc) is 2.58. The van der Waals surface area contributed by atoms with Gasteiger partial charge in [-0.2, -0.15) is 0 Å². The Balaban J connectivity index is 1.95. The van der Waals surface area contributed by atoms with Gasteiger partial charge in [-0.1, -0.05) is 23.7 Å². The van der Waals surface area contributed by atoms with Crippen molar-refractivity contribution in [2.24, 2.45) is 0 Å². The molecule has 0 fully saturated rings. The number of halogens is 1. The maximum absolute atomic E-state index is 12.6. The number of benzene rings is 1. The van der Waals surface area contributed by atoms with Gasteiger partial charge in [0.1, 0.15) is 5.82 Å². The number of anilines is 1. The van der Waals surface area contributed by atoms with E-state index in [1.165, 1.54) is 6.07 Å². The van der Waals surface area contributed by atoms with Gasteiger partial charge in [-0.05, 0) is 48.9 Å². The van der Waals surface area contributed by atoms with Crippen molar-refractivity contribution in [1.82, 2.24) is 9.97 Å². The number of nitrogens with one attached hydrogen (secondary N) is 1. The number of pyridine rings is 2. The summed E-state index contributed by atoms with van der Waals surface area (Å²) in [7, 11) is -3.78. The summed E-state index contributed by atoms with van der Waals surface area (Å²) in [6, 6.07) is 13.5. The SMILES string of the molecule is Cc1c(Cl)cccc1S(=O)(=O)Nc1cccc(-c2cccnc2)n1. The van der Waals surface area contributed by atoms with E-state index in [1.807, 2.05) is 6.07 Å². The van der Waals surface area contributed by atoms with E-state index in [2.05, 4.69) is 14.7 Å². The van der Waals surface area contributed by atoms with Crippen LogP contribution in [0.15, 0.2) is 65.8 Å². The third-order valence-corrected chi connectivity index (χ3v) is 5.36. The van der Waals surface area contributed by atoms with E-state index < -0.39 is 10.0 Å². The highest BCUT2D eigenvalue weighted by molar-refractivity contribution is 7.92. The molecular formula is C17H14ClN3O2S. The molecule has 7 heteroatoms. The Labute approximate surface area is 145 Å². The van der Waals surface area contributed by atoms with Crippen molar-refractivity contribution in [3.63, 3.8) is 0 Å². The van der Waals surface area contributed by atoms with E-state index in [9.17, 15) is 8.42 Å². The molecule has 0 spiro atoms. The van der Waals surface area contributed by atoms with Gasteiger partial charge in [-0.25, -0.2) is 13.4 Å². The zero-order valence-electron chi connectivity index (χ0n) is 12.8. The summed E-state index contributed by atoms with van der Waals surface area (Å²) in [5.41, 5.74) is 1.93. The number of hydrogen-bond donors (Lipinski definition) is 1. The number of aromatic nitrogens is 2. The maximum atomic E-state index is 12.6. The highest BCUT2D eigenvalue weighted by Crippen LogP contribution is 2.25. The highest BCUT2D eigenvalue weighted by atomic mass is 35.5. The van der Waals surface area contributed by atoms with Gasteiger partial charge in [0.2, 0.25) is 0 Å². The van der Waals surface area contributed by atoms with Crippen molar-refractivity contribution >= 4 is 27.4 Å². The van der Waals surface area contributed by atoms with Crippen LogP contribution in [0.1, 0.15) is 5.56 Å². The summed E-state index contributed by atoms with van der Waals surface area (Å²) in [5.74, 6) is 0.232. The molecule has 0 bridgehead atoms. The average molecular weight is 360 g/mol. The fraction of sp³-hybridized carbons (Fsp3) is 0.0588. The number of nitrogens with zero attached hydrogens (tertiary/aromatic N) is 2. The van der Waals surface area contributed by atoms with E-state index in [-0.39, 0.29) is 10.7 Å². The monoisotopic (exact) mass is 359 g/mol. The zero-order chi connectivity index (χ0) is 17.2. The van der Waals surface area contributed by atoms with E-state index in [0.29, 0.717) is 16.3 Å². The maximum Gasteiger partial charge on any atom is 0.263 e. The molecule has 3 rings (SSSR count). The molecule has 0 saturated heterocycles. The molecule has 0 aliphatic carbocycles. The van der Waals surface area contributed by atoms with Gasteiger partial charge >= 0.3 is 0 Å². The molecule has 5 nitrogen and oxygen atoms in total.